The number of thioether (sulfide) groups is 1. The zero-order chi connectivity index (χ0) is 11.3. The second-order valence-electron chi connectivity index (χ2n) is 3.36. The Kier molecular flexibility index (Phi) is 4.81. The first-order valence-corrected chi connectivity index (χ1v) is 6.14. The molecule has 0 N–H and O–H groups in total. The lowest BCUT2D eigenvalue weighted by molar-refractivity contribution is -0.162. The lowest BCUT2D eigenvalue weighted by Gasteiger charge is -2.22. The van der Waals surface area contributed by atoms with Crippen molar-refractivity contribution >= 4 is 23.7 Å². The van der Waals surface area contributed by atoms with E-state index in [2.05, 4.69) is 0 Å². The van der Waals surface area contributed by atoms with Crippen molar-refractivity contribution in [3.63, 3.8) is 0 Å². The maximum Gasteiger partial charge on any atom is 0.317 e. The number of hydrogen-bond donors (Lipinski definition) is 0. The number of cyclic esters (lactones) is 1. The predicted octanol–water partition coefficient (Wildman–Crippen LogP) is 1.40. The average molecular weight is 231 g/mol. The molecule has 1 aliphatic rings. The molecule has 84 valence electrons. The van der Waals surface area contributed by atoms with E-state index >= 15 is 0 Å². The van der Waals surface area contributed by atoms with E-state index in [1.807, 2.05) is 6.26 Å². The minimum atomic E-state index is -0.467. The van der Waals surface area contributed by atoms with E-state index in [1.165, 1.54) is 18.7 Å². The first-order valence-electron chi connectivity index (χ1n) is 4.85. The Morgan fingerprint density at radius 1 is 1.73 bits per heavy atom. The van der Waals surface area contributed by atoms with E-state index in [1.54, 1.807) is 5.75 Å². The number of rotatable bonds is 4. The van der Waals surface area contributed by atoms with Crippen molar-refractivity contribution in [3.05, 3.63) is 5.75 Å². The quantitative estimate of drug-likeness (QED) is 0.540. The van der Waals surface area contributed by atoms with Crippen LogP contribution in [0.15, 0.2) is 0 Å². The normalized spacial score (nSPS) is 22.8. The van der Waals surface area contributed by atoms with Gasteiger partial charge < -0.3 is 9.47 Å². The molecule has 1 rings (SSSR count). The lowest BCUT2D eigenvalue weighted by atomic mass is 9.96. The number of carbonyl (C=O) groups is 2. The van der Waals surface area contributed by atoms with E-state index < -0.39 is 6.10 Å². The van der Waals surface area contributed by atoms with E-state index in [4.69, 9.17) is 9.47 Å². The number of esters is 2. The Balaban J connectivity index is 2.59. The topological polar surface area (TPSA) is 52.6 Å². The van der Waals surface area contributed by atoms with Crippen LogP contribution in [0, 0.1) is 11.7 Å². The van der Waals surface area contributed by atoms with Crippen LogP contribution in [-0.2, 0) is 19.1 Å². The minimum absolute atomic E-state index is 0.266. The van der Waals surface area contributed by atoms with Gasteiger partial charge in [0.25, 0.3) is 6.10 Å². The van der Waals surface area contributed by atoms with E-state index in [-0.39, 0.29) is 17.9 Å². The molecule has 2 atom stereocenters. The van der Waals surface area contributed by atoms with Gasteiger partial charge in [-0.25, -0.2) is 0 Å². The summed E-state index contributed by atoms with van der Waals surface area (Å²) in [7, 11) is 0. The predicted molar refractivity (Wildman–Crippen MR) is 57.1 cm³/mol. The molecule has 1 fully saturated rings. The van der Waals surface area contributed by atoms with Crippen LogP contribution in [0.25, 0.3) is 0 Å². The number of ether oxygens (including phenoxy) is 2. The van der Waals surface area contributed by atoms with E-state index in [0.717, 1.165) is 6.42 Å². The highest BCUT2D eigenvalue weighted by Crippen LogP contribution is 2.25. The van der Waals surface area contributed by atoms with Crippen molar-refractivity contribution in [1.29, 1.82) is 0 Å². The van der Waals surface area contributed by atoms with Gasteiger partial charge in [-0.05, 0) is 12.8 Å². The third-order valence-electron chi connectivity index (χ3n) is 2.18. The highest BCUT2D eigenvalue weighted by Gasteiger charge is 2.39. The summed E-state index contributed by atoms with van der Waals surface area (Å²) in [5.41, 5.74) is 0. The molecule has 0 bridgehead atoms. The maximum absolute atomic E-state index is 11.4. The summed E-state index contributed by atoms with van der Waals surface area (Å²) in [6.07, 6.45) is 2.94. The molecule has 1 heterocycles. The fourth-order valence-corrected chi connectivity index (χ4v) is 2.04. The Bertz CT molecular complexity index is 242. The number of carbonyl (C=O) groups excluding carboxylic acids is 2. The molecule has 0 aromatic carbocycles. The molecule has 2 unspecified atom stereocenters. The molecule has 0 spiro atoms. The van der Waals surface area contributed by atoms with Gasteiger partial charge in [0.1, 0.15) is 5.92 Å². The Morgan fingerprint density at radius 3 is 3.00 bits per heavy atom. The van der Waals surface area contributed by atoms with Crippen LogP contribution < -0.4 is 0 Å². The van der Waals surface area contributed by atoms with Gasteiger partial charge in [-0.3, -0.25) is 9.59 Å². The molecule has 0 amide bonds. The van der Waals surface area contributed by atoms with Crippen LogP contribution in [0.3, 0.4) is 0 Å². The van der Waals surface area contributed by atoms with Gasteiger partial charge in [0.2, 0.25) is 0 Å². The summed E-state index contributed by atoms with van der Waals surface area (Å²) in [6, 6.07) is 0. The average Bonchev–Trinajstić information content (AvgIpc) is 2.17. The Morgan fingerprint density at radius 2 is 2.47 bits per heavy atom. The second kappa shape index (κ2) is 5.90. The molecule has 15 heavy (non-hydrogen) atoms. The van der Waals surface area contributed by atoms with Gasteiger partial charge in [0, 0.05) is 13.2 Å². The summed E-state index contributed by atoms with van der Waals surface area (Å²) < 4.78 is 10.0. The molecule has 1 aliphatic heterocycles. The van der Waals surface area contributed by atoms with Crippen LogP contribution in [0.5, 0.6) is 0 Å². The molecular formula is C10H15O4S+. The van der Waals surface area contributed by atoms with Gasteiger partial charge >= 0.3 is 11.9 Å². The number of hydrogen-bond acceptors (Lipinski definition) is 5. The summed E-state index contributed by atoms with van der Waals surface area (Å²) >= 11 is 1.44. The molecule has 0 radical (unpaired) electrons. The van der Waals surface area contributed by atoms with Crippen LogP contribution >= 0.6 is 11.8 Å². The second-order valence-corrected chi connectivity index (χ2v) is 4.11. The third kappa shape index (κ3) is 3.66. The van der Waals surface area contributed by atoms with Crippen molar-refractivity contribution in [2.24, 2.45) is 5.92 Å². The molecule has 0 aromatic rings. The molecule has 4 nitrogen and oxygen atoms in total. The molecule has 0 saturated carbocycles. The Labute approximate surface area is 93.7 Å². The van der Waals surface area contributed by atoms with Crippen molar-refractivity contribution in [1.82, 2.24) is 0 Å². The van der Waals surface area contributed by atoms with Crippen LogP contribution in [0.4, 0.5) is 0 Å². The van der Waals surface area contributed by atoms with E-state index in [0.29, 0.717) is 13.0 Å². The lowest BCUT2D eigenvalue weighted by Crippen LogP contribution is -2.36. The van der Waals surface area contributed by atoms with Crippen LogP contribution in [-0.4, -0.2) is 30.9 Å². The van der Waals surface area contributed by atoms with Gasteiger partial charge in [0.05, 0.1) is 18.4 Å². The van der Waals surface area contributed by atoms with E-state index in [9.17, 15) is 9.59 Å². The monoisotopic (exact) mass is 231 g/mol. The first-order chi connectivity index (χ1) is 7.15. The summed E-state index contributed by atoms with van der Waals surface area (Å²) in [5, 5.41) is 0. The van der Waals surface area contributed by atoms with Crippen LogP contribution in [0.2, 0.25) is 0 Å². The third-order valence-corrected chi connectivity index (χ3v) is 2.72. The van der Waals surface area contributed by atoms with Gasteiger partial charge in [-0.15, -0.1) is 0 Å². The molecule has 0 aromatic heterocycles. The van der Waals surface area contributed by atoms with Gasteiger partial charge in [-0.2, -0.15) is 0 Å². The maximum atomic E-state index is 11.4. The minimum Gasteiger partial charge on any atom is -0.465 e. The molecule has 1 saturated heterocycles. The zero-order valence-electron chi connectivity index (χ0n) is 8.89. The summed E-state index contributed by atoms with van der Waals surface area (Å²) in [5.74, 6) is 0.787. The van der Waals surface area contributed by atoms with Crippen molar-refractivity contribution < 1.29 is 19.1 Å². The summed E-state index contributed by atoms with van der Waals surface area (Å²) in [6.45, 7) is 1.82. The summed E-state index contributed by atoms with van der Waals surface area (Å²) in [4.78, 5) is 22.3. The van der Waals surface area contributed by atoms with Crippen molar-refractivity contribution in [2.45, 2.75) is 25.9 Å². The standard InChI is InChI=1S/C10H15O4S/c1-7(11)14-9(6-15-2)8-4-3-5-13-10(8)12/h6,8-9H,3-5H2,1-2H3/q+1. The fraction of sp³-hybridized carbons (Fsp3) is 0.700. The van der Waals surface area contributed by atoms with Gasteiger partial charge in [-0.1, -0.05) is 0 Å². The molecule has 5 heteroatoms. The first kappa shape index (κ1) is 12.2. The highest BCUT2D eigenvalue weighted by atomic mass is 32.2. The fourth-order valence-electron chi connectivity index (χ4n) is 1.53. The zero-order valence-corrected chi connectivity index (χ0v) is 9.71. The highest BCUT2D eigenvalue weighted by molar-refractivity contribution is 8.00. The van der Waals surface area contributed by atoms with Crippen molar-refractivity contribution in [3.8, 4) is 0 Å². The SMILES string of the molecule is CS[CH+]C(OC(C)=O)C1CCCOC1=O. The Hall–Kier alpha value is -0.840. The van der Waals surface area contributed by atoms with Gasteiger partial charge in [0.15, 0.2) is 5.75 Å². The molecular weight excluding hydrogens is 216 g/mol. The largest absolute Gasteiger partial charge is 0.465 e. The van der Waals surface area contributed by atoms with Crippen LogP contribution in [0.1, 0.15) is 19.8 Å². The smallest absolute Gasteiger partial charge is 0.317 e. The molecule has 0 aliphatic carbocycles. The van der Waals surface area contributed by atoms with Crippen molar-refractivity contribution in [2.75, 3.05) is 12.9 Å².